The number of hydrogen-bond donors (Lipinski definition) is 1. The van der Waals surface area contributed by atoms with Gasteiger partial charge in [0.15, 0.2) is 5.76 Å². The van der Waals surface area contributed by atoms with Gasteiger partial charge in [0.25, 0.3) is 0 Å². The Morgan fingerprint density at radius 1 is 0.860 bits per heavy atom. The van der Waals surface area contributed by atoms with Crippen molar-refractivity contribution in [3.8, 4) is 17.2 Å². The number of carbonyl (C=O) groups is 2. The van der Waals surface area contributed by atoms with Crippen molar-refractivity contribution in [2.45, 2.75) is 38.6 Å². The van der Waals surface area contributed by atoms with Crippen molar-refractivity contribution in [3.63, 3.8) is 0 Å². The summed E-state index contributed by atoms with van der Waals surface area (Å²) in [6.45, 7) is 2.43. The molecule has 7 nitrogen and oxygen atoms in total. The molecular weight excluding hydrogens is 540 g/mol. The summed E-state index contributed by atoms with van der Waals surface area (Å²) in [7, 11) is 3.65. The molecule has 4 aromatic carbocycles. The normalized spacial score (nSPS) is 13.3. The Kier molecular flexibility index (Phi) is 10.1. The molecule has 1 aliphatic heterocycles. The molecular formula is C36H38N2O5. The fourth-order valence-electron chi connectivity index (χ4n) is 5.17. The number of ether oxygens (including phenoxy) is 3. The fourth-order valence-corrected chi connectivity index (χ4v) is 5.17. The van der Waals surface area contributed by atoms with Gasteiger partial charge in [-0.05, 0) is 84.7 Å². The largest absolute Gasteiger partial charge is 0.493 e. The smallest absolute Gasteiger partial charge is 0.412 e. The first-order valence-electron chi connectivity index (χ1n) is 14.9. The number of nitrogens with one attached hydrogen (secondary N) is 1. The van der Waals surface area contributed by atoms with Gasteiger partial charge in [-0.2, -0.15) is 0 Å². The van der Waals surface area contributed by atoms with Crippen molar-refractivity contribution in [3.05, 3.63) is 107 Å². The summed E-state index contributed by atoms with van der Waals surface area (Å²) in [6, 6.07) is 27.3. The molecule has 0 bridgehead atoms. The van der Waals surface area contributed by atoms with Gasteiger partial charge < -0.3 is 24.4 Å². The van der Waals surface area contributed by atoms with Gasteiger partial charge in [0.2, 0.25) is 5.78 Å². The van der Waals surface area contributed by atoms with Crippen LogP contribution in [0.2, 0.25) is 0 Å². The quantitative estimate of drug-likeness (QED) is 0.130. The Morgan fingerprint density at radius 3 is 2.53 bits per heavy atom. The zero-order chi connectivity index (χ0) is 30.0. The van der Waals surface area contributed by atoms with Gasteiger partial charge >= 0.3 is 6.09 Å². The first kappa shape index (κ1) is 29.9. The summed E-state index contributed by atoms with van der Waals surface area (Å²) in [5.41, 5.74) is 2.60. The Labute approximate surface area is 253 Å². The van der Waals surface area contributed by atoms with Crippen molar-refractivity contribution in [1.29, 1.82) is 0 Å². The topological polar surface area (TPSA) is 77.1 Å². The monoisotopic (exact) mass is 578 g/mol. The first-order valence-corrected chi connectivity index (χ1v) is 14.9. The van der Waals surface area contributed by atoms with Gasteiger partial charge in [0, 0.05) is 19.7 Å². The molecule has 0 fully saturated rings. The second-order valence-corrected chi connectivity index (χ2v) is 10.8. The van der Waals surface area contributed by atoms with Crippen LogP contribution in [0.15, 0.2) is 90.7 Å². The van der Waals surface area contributed by atoms with Gasteiger partial charge in [0.1, 0.15) is 17.2 Å². The second-order valence-electron chi connectivity index (χ2n) is 10.8. The minimum absolute atomic E-state index is 0.107. The number of carbonyl (C=O) groups excluding carboxylic acids is 2. The number of rotatable bonds is 13. The van der Waals surface area contributed by atoms with Crippen LogP contribution in [-0.4, -0.2) is 44.0 Å². The van der Waals surface area contributed by atoms with Crippen molar-refractivity contribution < 1.29 is 23.8 Å². The number of hydrogen-bond acceptors (Lipinski definition) is 6. The highest BCUT2D eigenvalue weighted by molar-refractivity contribution is 6.14. The van der Waals surface area contributed by atoms with Gasteiger partial charge in [-0.25, -0.2) is 4.79 Å². The van der Waals surface area contributed by atoms with E-state index >= 15 is 0 Å². The van der Waals surface area contributed by atoms with Crippen LogP contribution >= 0.6 is 0 Å². The van der Waals surface area contributed by atoms with Crippen LogP contribution in [0.1, 0.15) is 53.6 Å². The average Bonchev–Trinajstić information content (AvgIpc) is 3.32. The molecule has 222 valence electrons. The van der Waals surface area contributed by atoms with Gasteiger partial charge in [-0.15, -0.1) is 0 Å². The molecule has 5 rings (SSSR count). The maximum atomic E-state index is 12.9. The predicted molar refractivity (Wildman–Crippen MR) is 170 cm³/mol. The van der Waals surface area contributed by atoms with E-state index in [0.717, 1.165) is 67.1 Å². The molecule has 0 aromatic heterocycles. The van der Waals surface area contributed by atoms with E-state index in [4.69, 9.17) is 14.2 Å². The Balaban J connectivity index is 0.992. The van der Waals surface area contributed by atoms with E-state index < -0.39 is 6.09 Å². The highest BCUT2D eigenvalue weighted by atomic mass is 16.6. The Morgan fingerprint density at radius 2 is 1.67 bits per heavy atom. The lowest BCUT2D eigenvalue weighted by Gasteiger charge is -2.17. The third-order valence-electron chi connectivity index (χ3n) is 7.43. The molecule has 0 saturated heterocycles. The van der Waals surface area contributed by atoms with Crippen molar-refractivity contribution in [2.24, 2.45) is 0 Å². The summed E-state index contributed by atoms with van der Waals surface area (Å²) in [5, 5.41) is 4.74. The second kappa shape index (κ2) is 14.5. The van der Waals surface area contributed by atoms with Crippen molar-refractivity contribution in [1.82, 2.24) is 10.2 Å². The number of unbranched alkanes of at least 4 members (excludes halogenated alkanes) is 4. The van der Waals surface area contributed by atoms with E-state index in [0.29, 0.717) is 35.2 Å². The lowest BCUT2D eigenvalue weighted by Crippen LogP contribution is -2.22. The Hall–Kier alpha value is -4.62. The number of amides is 1. The standard InChI is InChI=1S/C36H38N2O5/c1-37-36(40)42-31-14-10-11-27(22-31)25-38(2)19-8-4-3-5-9-20-41-30-17-18-32-33(24-30)43-34(35(32)39)23-26-15-16-28-12-6-7-13-29(28)21-26/h6-7,10-18,21-24H,3-5,8-9,19-20,25H2,1-2H3,(H,37,40)/b34-23-. The summed E-state index contributed by atoms with van der Waals surface area (Å²) < 4.78 is 17.1. The zero-order valence-corrected chi connectivity index (χ0v) is 24.8. The van der Waals surface area contributed by atoms with Gasteiger partial charge in [0.05, 0.1) is 12.2 Å². The molecule has 0 atom stereocenters. The summed E-state index contributed by atoms with van der Waals surface area (Å²) >= 11 is 0. The molecule has 1 aliphatic rings. The van der Waals surface area contributed by atoms with Crippen LogP contribution < -0.4 is 19.5 Å². The predicted octanol–water partition coefficient (Wildman–Crippen LogP) is 7.64. The number of ketones is 1. The molecule has 4 aromatic rings. The first-order chi connectivity index (χ1) is 21.0. The molecule has 0 spiro atoms. The van der Waals surface area contributed by atoms with Crippen molar-refractivity contribution >= 4 is 28.7 Å². The van der Waals surface area contributed by atoms with Gasteiger partial charge in [-0.1, -0.05) is 67.8 Å². The van der Waals surface area contributed by atoms with E-state index in [-0.39, 0.29) is 5.78 Å². The molecule has 0 saturated carbocycles. The summed E-state index contributed by atoms with van der Waals surface area (Å²) in [4.78, 5) is 26.6. The van der Waals surface area contributed by atoms with E-state index in [2.05, 4.69) is 35.5 Å². The van der Waals surface area contributed by atoms with Crippen LogP contribution in [0.25, 0.3) is 16.8 Å². The minimum atomic E-state index is -0.465. The maximum Gasteiger partial charge on any atom is 0.412 e. The number of Topliss-reactive ketones (excluding diaryl/α,β-unsaturated/α-hetero) is 1. The summed E-state index contributed by atoms with van der Waals surface area (Å²) in [6.07, 6.45) is 6.84. The van der Waals surface area contributed by atoms with Crippen molar-refractivity contribution in [2.75, 3.05) is 27.2 Å². The molecule has 1 heterocycles. The SMILES string of the molecule is CNC(=O)Oc1cccc(CN(C)CCCCCCCOc2ccc3c(c2)O/C(=C\c2ccc4ccccc4c2)C3=O)c1. The van der Waals surface area contributed by atoms with Crippen LogP contribution in [0.4, 0.5) is 4.79 Å². The van der Waals surface area contributed by atoms with Crippen LogP contribution in [0.3, 0.4) is 0 Å². The summed E-state index contributed by atoms with van der Waals surface area (Å²) in [5.74, 6) is 2.03. The minimum Gasteiger partial charge on any atom is -0.493 e. The number of nitrogens with zero attached hydrogens (tertiary/aromatic N) is 1. The average molecular weight is 579 g/mol. The van der Waals surface area contributed by atoms with E-state index in [9.17, 15) is 9.59 Å². The zero-order valence-electron chi connectivity index (χ0n) is 24.8. The number of fused-ring (bicyclic) bond motifs is 2. The van der Waals surface area contributed by atoms with E-state index in [1.165, 1.54) is 0 Å². The molecule has 1 N–H and O–H groups in total. The Bertz CT molecular complexity index is 1610. The molecule has 0 aliphatic carbocycles. The maximum absolute atomic E-state index is 12.9. The highest BCUT2D eigenvalue weighted by Gasteiger charge is 2.27. The lowest BCUT2D eigenvalue weighted by atomic mass is 10.1. The highest BCUT2D eigenvalue weighted by Crippen LogP contribution is 2.35. The van der Waals surface area contributed by atoms with Gasteiger partial charge in [-0.3, -0.25) is 4.79 Å². The third kappa shape index (κ3) is 8.23. The molecule has 43 heavy (non-hydrogen) atoms. The molecule has 7 heteroatoms. The molecule has 1 amide bonds. The third-order valence-corrected chi connectivity index (χ3v) is 7.43. The van der Waals surface area contributed by atoms with Crippen LogP contribution in [0, 0.1) is 0 Å². The van der Waals surface area contributed by atoms with Crippen LogP contribution in [0.5, 0.6) is 17.2 Å². The fraction of sp³-hybridized carbons (Fsp3) is 0.278. The van der Waals surface area contributed by atoms with Crippen LogP contribution in [-0.2, 0) is 6.54 Å². The van der Waals surface area contributed by atoms with E-state index in [1.54, 1.807) is 25.3 Å². The lowest BCUT2D eigenvalue weighted by molar-refractivity contribution is 0.101. The number of allylic oxidation sites excluding steroid dienone is 1. The van der Waals surface area contributed by atoms with E-state index in [1.807, 2.05) is 54.6 Å². The molecule has 0 radical (unpaired) electrons. The molecule has 0 unspecified atom stereocenters. The number of benzene rings is 4.